The molecular weight excluding hydrogens is 681 g/mol. The molecule has 4 rings (SSSR count). The molecule has 0 saturated carbocycles. The Labute approximate surface area is 321 Å². The first-order chi connectivity index (χ1) is 25.9. The van der Waals surface area contributed by atoms with E-state index >= 15 is 4.79 Å². The Hall–Kier alpha value is -5.45. The molecule has 0 heterocycles. The molecule has 0 amide bonds. The van der Waals surface area contributed by atoms with Gasteiger partial charge in [-0.3, -0.25) is 4.79 Å². The van der Waals surface area contributed by atoms with E-state index in [-0.39, 0.29) is 30.8 Å². The van der Waals surface area contributed by atoms with Gasteiger partial charge in [0.1, 0.15) is 47.6 Å². The van der Waals surface area contributed by atoms with Crippen molar-refractivity contribution in [2.45, 2.75) is 51.4 Å². The molecule has 0 bridgehead atoms. The Morgan fingerprint density at radius 2 is 0.870 bits per heavy atom. The summed E-state index contributed by atoms with van der Waals surface area (Å²) in [6.07, 6.45) is 0. The molecule has 2 atom stereocenters. The van der Waals surface area contributed by atoms with E-state index in [0.717, 1.165) is 56.4 Å². The highest BCUT2D eigenvalue weighted by Gasteiger charge is 2.33. The van der Waals surface area contributed by atoms with Gasteiger partial charge in [-0.1, -0.05) is 39.8 Å². The van der Waals surface area contributed by atoms with Gasteiger partial charge in [-0.2, -0.15) is 0 Å². The number of carbonyl (C=O) groups excluding carboxylic acids is 1. The van der Waals surface area contributed by atoms with Gasteiger partial charge >= 0.3 is 0 Å². The third kappa shape index (κ3) is 9.55. The molecular formula is C43H60N6O5. The Balaban J connectivity index is 1.93. The third-order valence-corrected chi connectivity index (χ3v) is 9.83. The summed E-state index contributed by atoms with van der Waals surface area (Å²) in [4.78, 5) is 15.5. The first kappa shape index (κ1) is 41.3. The second kappa shape index (κ2) is 19.0. The molecule has 54 heavy (non-hydrogen) atoms. The Morgan fingerprint density at radius 3 is 1.17 bits per heavy atom. The quantitative estimate of drug-likeness (QED) is 0.0521. The Morgan fingerprint density at radius 1 is 0.500 bits per heavy atom. The zero-order chi connectivity index (χ0) is 39.5. The number of rotatable bonds is 20. The van der Waals surface area contributed by atoms with Crippen molar-refractivity contribution in [2.75, 3.05) is 102 Å². The fourth-order valence-corrected chi connectivity index (χ4v) is 6.53. The van der Waals surface area contributed by atoms with Crippen LogP contribution in [0, 0.1) is 0 Å². The van der Waals surface area contributed by atoms with Crippen LogP contribution in [-0.2, 0) is 4.79 Å². The summed E-state index contributed by atoms with van der Waals surface area (Å²) in [5.41, 5.74) is 8.76. The van der Waals surface area contributed by atoms with E-state index < -0.39 is 11.8 Å². The SMILES string of the molecule is CNc1cc(NC)c(NC)c(OCC(C(=O)C(COc2cc(NC)cc(NC)c2NC)c2cc(OC)cc(C(C)C)c2)c2cc(OC)cc(C(C)C)c2)c1. The van der Waals surface area contributed by atoms with Crippen LogP contribution in [0.15, 0.2) is 60.7 Å². The molecule has 6 N–H and O–H groups in total. The lowest BCUT2D eigenvalue weighted by atomic mass is 9.82. The Kier molecular flexibility index (Phi) is 14.6. The topological polar surface area (TPSA) is 126 Å². The maximum Gasteiger partial charge on any atom is 0.154 e. The van der Waals surface area contributed by atoms with Gasteiger partial charge in [0, 0.05) is 65.8 Å². The third-order valence-electron chi connectivity index (χ3n) is 9.83. The molecule has 0 spiro atoms. The van der Waals surface area contributed by atoms with Crippen molar-refractivity contribution in [3.8, 4) is 23.0 Å². The van der Waals surface area contributed by atoms with Gasteiger partial charge in [0.25, 0.3) is 0 Å². The highest BCUT2D eigenvalue weighted by molar-refractivity contribution is 5.93. The van der Waals surface area contributed by atoms with Crippen molar-refractivity contribution >= 4 is 39.9 Å². The average molecular weight is 741 g/mol. The first-order valence-electron chi connectivity index (χ1n) is 18.5. The summed E-state index contributed by atoms with van der Waals surface area (Å²) >= 11 is 0. The molecule has 2 unspecified atom stereocenters. The van der Waals surface area contributed by atoms with Crippen LogP contribution in [0.25, 0.3) is 0 Å². The molecule has 4 aromatic carbocycles. The van der Waals surface area contributed by atoms with E-state index in [0.29, 0.717) is 23.0 Å². The second-order valence-corrected chi connectivity index (χ2v) is 13.8. The van der Waals surface area contributed by atoms with Gasteiger partial charge in [-0.05, 0) is 70.5 Å². The van der Waals surface area contributed by atoms with Crippen molar-refractivity contribution in [2.24, 2.45) is 0 Å². The fraction of sp³-hybridized carbons (Fsp3) is 0.419. The smallest absolute Gasteiger partial charge is 0.154 e. The van der Waals surface area contributed by atoms with Crippen molar-refractivity contribution in [1.82, 2.24) is 0 Å². The lowest BCUT2D eigenvalue weighted by Crippen LogP contribution is -2.30. The summed E-state index contributed by atoms with van der Waals surface area (Å²) in [7, 11) is 14.5. The molecule has 11 nitrogen and oxygen atoms in total. The molecule has 0 aliphatic carbocycles. The largest absolute Gasteiger partial charge is 0.497 e. The van der Waals surface area contributed by atoms with Crippen LogP contribution in [-0.4, -0.2) is 75.5 Å². The number of benzene rings is 4. The highest BCUT2D eigenvalue weighted by atomic mass is 16.5. The number of nitrogens with one attached hydrogen (secondary N) is 6. The minimum Gasteiger partial charge on any atom is -0.497 e. The second-order valence-electron chi connectivity index (χ2n) is 13.8. The minimum atomic E-state index is -0.707. The zero-order valence-electron chi connectivity index (χ0n) is 34.0. The number of hydrogen-bond acceptors (Lipinski definition) is 11. The van der Waals surface area contributed by atoms with E-state index in [1.54, 1.807) is 14.2 Å². The lowest BCUT2D eigenvalue weighted by molar-refractivity contribution is -0.123. The summed E-state index contributed by atoms with van der Waals surface area (Å²) in [6.45, 7) is 8.65. The maximum atomic E-state index is 15.5. The van der Waals surface area contributed by atoms with Gasteiger partial charge in [0.05, 0.1) is 37.4 Å². The van der Waals surface area contributed by atoms with E-state index in [1.165, 1.54) is 0 Å². The molecule has 0 fully saturated rings. The molecule has 4 aromatic rings. The lowest BCUT2D eigenvalue weighted by Gasteiger charge is -2.27. The van der Waals surface area contributed by atoms with Gasteiger partial charge in [-0.15, -0.1) is 0 Å². The Bertz CT molecular complexity index is 1750. The minimum absolute atomic E-state index is 0.0600. The molecule has 0 aliphatic rings. The predicted molar refractivity (Wildman–Crippen MR) is 226 cm³/mol. The standard InChI is InChI=1S/C43H60N6O5/c1-25(2)27-13-29(17-33(15-27)51-11)35(23-53-39-21-31(44-5)19-37(46-7)41(39)48-9)43(50)36(30-14-28(26(3)4)16-34(18-30)52-12)24-54-40-22-32(45-6)20-38(47-8)42(40)49-10/h13-22,25-26,35-36,44-49H,23-24H2,1-12H3. The van der Waals surface area contributed by atoms with Crippen molar-refractivity contribution in [1.29, 1.82) is 0 Å². The van der Waals surface area contributed by atoms with Crippen LogP contribution in [0.4, 0.5) is 34.1 Å². The van der Waals surface area contributed by atoms with Crippen molar-refractivity contribution in [3.63, 3.8) is 0 Å². The van der Waals surface area contributed by atoms with Crippen LogP contribution in [0.2, 0.25) is 0 Å². The summed E-state index contributed by atoms with van der Waals surface area (Å²) in [5, 5.41) is 19.5. The molecule has 0 saturated heterocycles. The molecule has 292 valence electrons. The van der Waals surface area contributed by atoms with Gasteiger partial charge in [0.15, 0.2) is 5.78 Å². The number of hydrogen-bond donors (Lipinski definition) is 6. The van der Waals surface area contributed by atoms with E-state index in [4.69, 9.17) is 18.9 Å². The van der Waals surface area contributed by atoms with Gasteiger partial charge in [0.2, 0.25) is 0 Å². The molecule has 0 aliphatic heterocycles. The number of carbonyl (C=O) groups is 1. The van der Waals surface area contributed by atoms with Crippen LogP contribution in [0.1, 0.15) is 73.6 Å². The number of methoxy groups -OCH3 is 2. The van der Waals surface area contributed by atoms with E-state index in [1.807, 2.05) is 90.8 Å². The van der Waals surface area contributed by atoms with Gasteiger partial charge < -0.3 is 50.8 Å². The molecule has 0 aromatic heterocycles. The number of Topliss-reactive ketones (excluding diaryl/α,β-unsaturated/α-hetero) is 1. The van der Waals surface area contributed by atoms with E-state index in [9.17, 15) is 0 Å². The highest BCUT2D eigenvalue weighted by Crippen LogP contribution is 2.41. The van der Waals surface area contributed by atoms with Crippen LogP contribution >= 0.6 is 0 Å². The molecule has 11 heteroatoms. The van der Waals surface area contributed by atoms with Crippen LogP contribution in [0.3, 0.4) is 0 Å². The maximum absolute atomic E-state index is 15.5. The summed E-state index contributed by atoms with van der Waals surface area (Å²) < 4.78 is 24.9. The molecule has 0 radical (unpaired) electrons. The number of ether oxygens (including phenoxy) is 4. The van der Waals surface area contributed by atoms with Crippen LogP contribution < -0.4 is 50.8 Å². The van der Waals surface area contributed by atoms with Crippen molar-refractivity contribution < 1.29 is 23.7 Å². The normalized spacial score (nSPS) is 12.1. The van der Waals surface area contributed by atoms with E-state index in [2.05, 4.69) is 71.7 Å². The number of anilines is 6. The van der Waals surface area contributed by atoms with Crippen LogP contribution in [0.5, 0.6) is 23.0 Å². The predicted octanol–water partition coefficient (Wildman–Crippen LogP) is 8.80. The van der Waals surface area contributed by atoms with Gasteiger partial charge in [-0.25, -0.2) is 0 Å². The monoisotopic (exact) mass is 740 g/mol. The first-order valence-corrected chi connectivity index (χ1v) is 18.5. The zero-order valence-corrected chi connectivity index (χ0v) is 34.0. The average Bonchev–Trinajstić information content (AvgIpc) is 3.19. The summed E-state index contributed by atoms with van der Waals surface area (Å²) in [5.74, 6) is 1.50. The fourth-order valence-electron chi connectivity index (χ4n) is 6.53. The summed E-state index contributed by atoms with van der Waals surface area (Å²) in [6, 6.07) is 20.0. The van der Waals surface area contributed by atoms with Crippen molar-refractivity contribution in [3.05, 3.63) is 82.9 Å². The number of ketones is 1.